The lowest BCUT2D eigenvalue weighted by Crippen LogP contribution is -2.24. The second kappa shape index (κ2) is 5.85. The van der Waals surface area contributed by atoms with Gasteiger partial charge in [0.05, 0.1) is 0 Å². The van der Waals surface area contributed by atoms with Gasteiger partial charge in [0.15, 0.2) is 0 Å². The maximum Gasteiger partial charge on any atom is 0.251 e. The lowest BCUT2D eigenvalue weighted by atomic mass is 10.1. The van der Waals surface area contributed by atoms with Crippen molar-refractivity contribution < 1.29 is 4.79 Å². The highest BCUT2D eigenvalue weighted by atomic mass is 35.5. The van der Waals surface area contributed by atoms with Crippen molar-refractivity contribution >= 4 is 17.5 Å². The second-order valence-corrected chi connectivity index (χ2v) is 4.75. The summed E-state index contributed by atoms with van der Waals surface area (Å²) in [6.07, 6.45) is 1.65. The Morgan fingerprint density at radius 1 is 1.26 bits per heavy atom. The monoisotopic (exact) mass is 274 g/mol. The molecule has 0 saturated carbocycles. The third kappa shape index (κ3) is 3.12. The number of carbonyl (C=O) groups excluding carboxylic acids is 1. The van der Waals surface area contributed by atoms with E-state index in [1.807, 2.05) is 38.1 Å². The van der Waals surface area contributed by atoms with Gasteiger partial charge in [0, 0.05) is 29.0 Å². The van der Waals surface area contributed by atoms with Crippen molar-refractivity contribution in [3.05, 3.63) is 63.9 Å². The molecule has 1 aromatic carbocycles. The molecule has 19 heavy (non-hydrogen) atoms. The van der Waals surface area contributed by atoms with Gasteiger partial charge in [-0.3, -0.25) is 9.78 Å². The zero-order valence-corrected chi connectivity index (χ0v) is 11.7. The average molecular weight is 275 g/mol. The lowest BCUT2D eigenvalue weighted by Gasteiger charge is -2.09. The minimum atomic E-state index is -0.108. The molecular weight excluding hydrogens is 260 g/mol. The molecule has 0 bridgehead atoms. The van der Waals surface area contributed by atoms with Gasteiger partial charge in [-0.15, -0.1) is 0 Å². The normalized spacial score (nSPS) is 10.3. The number of benzene rings is 1. The molecule has 3 nitrogen and oxygen atoms in total. The Hall–Kier alpha value is -1.87. The number of nitrogens with one attached hydrogen (secondary N) is 1. The molecule has 2 aromatic rings. The molecule has 0 unspecified atom stereocenters. The molecule has 4 heteroatoms. The van der Waals surface area contributed by atoms with Crippen molar-refractivity contribution in [3.8, 4) is 0 Å². The summed E-state index contributed by atoms with van der Waals surface area (Å²) in [6, 6.07) is 9.20. The molecule has 0 atom stereocenters. The van der Waals surface area contributed by atoms with E-state index in [0.29, 0.717) is 17.1 Å². The summed E-state index contributed by atoms with van der Waals surface area (Å²) in [6.45, 7) is 4.20. The molecule has 1 heterocycles. The number of halogens is 1. The van der Waals surface area contributed by atoms with Crippen LogP contribution in [0.3, 0.4) is 0 Å². The lowest BCUT2D eigenvalue weighted by molar-refractivity contribution is 0.0950. The van der Waals surface area contributed by atoms with E-state index in [-0.39, 0.29) is 5.91 Å². The predicted octanol–water partition coefficient (Wildman–Crippen LogP) is 3.28. The van der Waals surface area contributed by atoms with E-state index in [1.54, 1.807) is 12.3 Å². The molecule has 98 valence electrons. The number of carbonyl (C=O) groups is 1. The first-order chi connectivity index (χ1) is 9.09. The first-order valence-electron chi connectivity index (χ1n) is 6.03. The van der Waals surface area contributed by atoms with Crippen molar-refractivity contribution in [1.29, 1.82) is 0 Å². The molecular formula is C15H15ClN2O. The van der Waals surface area contributed by atoms with Crippen molar-refractivity contribution in [1.82, 2.24) is 10.3 Å². The number of rotatable bonds is 3. The smallest absolute Gasteiger partial charge is 0.251 e. The van der Waals surface area contributed by atoms with E-state index in [1.165, 1.54) is 0 Å². The molecule has 1 amide bonds. The number of aryl methyl sites for hydroxylation is 1. The van der Waals surface area contributed by atoms with Crippen molar-refractivity contribution in [3.63, 3.8) is 0 Å². The van der Waals surface area contributed by atoms with Crippen LogP contribution in [0.1, 0.15) is 27.2 Å². The van der Waals surface area contributed by atoms with Gasteiger partial charge in [-0.1, -0.05) is 29.8 Å². The van der Waals surface area contributed by atoms with Crippen LogP contribution < -0.4 is 5.32 Å². The number of aromatic nitrogens is 1. The average Bonchev–Trinajstić information content (AvgIpc) is 2.40. The zero-order chi connectivity index (χ0) is 13.8. The summed E-state index contributed by atoms with van der Waals surface area (Å²) in [5.74, 6) is -0.108. The first-order valence-corrected chi connectivity index (χ1v) is 6.41. The van der Waals surface area contributed by atoms with Gasteiger partial charge < -0.3 is 5.32 Å². The zero-order valence-electron chi connectivity index (χ0n) is 10.9. The molecule has 1 N–H and O–H groups in total. The van der Waals surface area contributed by atoms with E-state index >= 15 is 0 Å². The molecule has 0 aliphatic carbocycles. The molecule has 0 saturated heterocycles. The second-order valence-electron chi connectivity index (χ2n) is 4.34. The van der Waals surface area contributed by atoms with Crippen LogP contribution in [-0.2, 0) is 6.54 Å². The maximum absolute atomic E-state index is 12.1. The van der Waals surface area contributed by atoms with Crippen LogP contribution in [0.2, 0.25) is 5.02 Å². The number of nitrogens with zero attached hydrogens (tertiary/aromatic N) is 1. The van der Waals surface area contributed by atoms with Gasteiger partial charge in [-0.05, 0) is 37.1 Å². The van der Waals surface area contributed by atoms with Gasteiger partial charge in [-0.25, -0.2) is 0 Å². The van der Waals surface area contributed by atoms with Crippen LogP contribution in [0.15, 0.2) is 36.5 Å². The first kappa shape index (κ1) is 13.6. The highest BCUT2D eigenvalue weighted by molar-refractivity contribution is 6.31. The van der Waals surface area contributed by atoms with Crippen LogP contribution in [-0.4, -0.2) is 10.9 Å². The molecule has 0 aliphatic heterocycles. The van der Waals surface area contributed by atoms with Crippen LogP contribution in [0, 0.1) is 13.8 Å². The molecule has 1 aromatic heterocycles. The predicted molar refractivity (Wildman–Crippen MR) is 76.3 cm³/mol. The van der Waals surface area contributed by atoms with Gasteiger partial charge in [0.1, 0.15) is 0 Å². The van der Waals surface area contributed by atoms with Gasteiger partial charge in [-0.2, -0.15) is 0 Å². The Morgan fingerprint density at radius 3 is 2.74 bits per heavy atom. The third-order valence-electron chi connectivity index (χ3n) is 3.10. The third-order valence-corrected chi connectivity index (χ3v) is 3.47. The van der Waals surface area contributed by atoms with Crippen molar-refractivity contribution in [2.24, 2.45) is 0 Å². The Bertz CT molecular complexity index is 611. The summed E-state index contributed by atoms with van der Waals surface area (Å²) < 4.78 is 0. The van der Waals surface area contributed by atoms with Crippen LogP contribution in [0.5, 0.6) is 0 Å². The Labute approximate surface area is 117 Å². The van der Waals surface area contributed by atoms with E-state index in [4.69, 9.17) is 11.6 Å². The summed E-state index contributed by atoms with van der Waals surface area (Å²) in [5.41, 5.74) is 3.32. The summed E-state index contributed by atoms with van der Waals surface area (Å²) in [5, 5.41) is 3.53. The van der Waals surface area contributed by atoms with Gasteiger partial charge in [0.2, 0.25) is 0 Å². The highest BCUT2D eigenvalue weighted by Crippen LogP contribution is 2.15. The summed E-state index contributed by atoms with van der Waals surface area (Å²) in [7, 11) is 0. The minimum absolute atomic E-state index is 0.108. The van der Waals surface area contributed by atoms with Crippen LogP contribution in [0.4, 0.5) is 0 Å². The number of hydrogen-bond acceptors (Lipinski definition) is 2. The largest absolute Gasteiger partial charge is 0.348 e. The highest BCUT2D eigenvalue weighted by Gasteiger charge is 2.10. The number of amides is 1. The Morgan fingerprint density at radius 2 is 2.00 bits per heavy atom. The molecule has 0 fully saturated rings. The van der Waals surface area contributed by atoms with Crippen molar-refractivity contribution in [2.75, 3.05) is 0 Å². The Kier molecular flexibility index (Phi) is 4.17. The van der Waals surface area contributed by atoms with E-state index < -0.39 is 0 Å². The van der Waals surface area contributed by atoms with Gasteiger partial charge in [0.25, 0.3) is 5.91 Å². The maximum atomic E-state index is 12.1. The minimum Gasteiger partial charge on any atom is -0.348 e. The number of hydrogen-bond donors (Lipinski definition) is 1. The van der Waals surface area contributed by atoms with Crippen LogP contribution in [0.25, 0.3) is 0 Å². The topological polar surface area (TPSA) is 42.0 Å². The molecule has 0 aliphatic rings. The molecule has 0 radical (unpaired) electrons. The quantitative estimate of drug-likeness (QED) is 0.933. The van der Waals surface area contributed by atoms with E-state index in [9.17, 15) is 4.79 Å². The fourth-order valence-electron chi connectivity index (χ4n) is 1.80. The molecule has 0 spiro atoms. The fourth-order valence-corrected chi connectivity index (χ4v) is 2.00. The van der Waals surface area contributed by atoms with E-state index in [0.717, 1.165) is 16.8 Å². The molecule has 2 rings (SSSR count). The Balaban J connectivity index is 2.10. The summed E-state index contributed by atoms with van der Waals surface area (Å²) in [4.78, 5) is 16.3. The van der Waals surface area contributed by atoms with E-state index in [2.05, 4.69) is 10.3 Å². The summed E-state index contributed by atoms with van der Waals surface area (Å²) >= 11 is 6.05. The van der Waals surface area contributed by atoms with Crippen LogP contribution >= 0.6 is 11.6 Å². The van der Waals surface area contributed by atoms with Crippen molar-refractivity contribution in [2.45, 2.75) is 20.4 Å². The van der Waals surface area contributed by atoms with Gasteiger partial charge >= 0.3 is 0 Å². The standard InChI is InChI=1S/C15H15ClN2O/c1-10-11(2)17-8-7-13(10)15(19)18-9-12-5-3-4-6-14(12)16/h3-8H,9H2,1-2H3,(H,18,19). The SMILES string of the molecule is Cc1nccc(C(=O)NCc2ccccc2Cl)c1C. The fraction of sp³-hybridized carbons (Fsp3) is 0.200. The number of pyridine rings is 1.